The second-order valence-corrected chi connectivity index (χ2v) is 11.9. The minimum Gasteiger partial charge on any atom is -0.456 e. The Morgan fingerprint density at radius 1 is 0.375 bits per heavy atom. The Balaban J connectivity index is 1.20. The van der Waals surface area contributed by atoms with Crippen molar-refractivity contribution in [2.24, 2.45) is 0 Å². The first kappa shape index (κ1) is 26.5. The van der Waals surface area contributed by atoms with E-state index >= 15 is 0 Å². The Bertz CT molecular complexity index is 2840. The molecule has 48 heavy (non-hydrogen) atoms. The van der Waals surface area contributed by atoms with Crippen LogP contribution in [0.4, 0.5) is 0 Å². The molecule has 6 heteroatoms. The highest BCUT2D eigenvalue weighted by Gasteiger charge is 2.19. The summed E-state index contributed by atoms with van der Waals surface area (Å²) >= 11 is 0. The third kappa shape index (κ3) is 4.27. The number of benzene rings is 7. The van der Waals surface area contributed by atoms with Crippen molar-refractivity contribution < 1.29 is 8.83 Å². The lowest BCUT2D eigenvalue weighted by Crippen LogP contribution is -2.00. The maximum Gasteiger partial charge on any atom is 0.227 e. The van der Waals surface area contributed by atoms with E-state index < -0.39 is 0 Å². The van der Waals surface area contributed by atoms with Gasteiger partial charge in [-0.2, -0.15) is 0 Å². The van der Waals surface area contributed by atoms with Crippen molar-refractivity contribution in [3.8, 4) is 45.6 Å². The highest BCUT2D eigenvalue weighted by Crippen LogP contribution is 2.41. The number of hydrogen-bond acceptors (Lipinski definition) is 6. The van der Waals surface area contributed by atoms with Gasteiger partial charge in [0.05, 0.1) is 0 Å². The number of furan rings is 1. The van der Waals surface area contributed by atoms with E-state index in [0.717, 1.165) is 71.5 Å². The second-order valence-electron chi connectivity index (χ2n) is 11.9. The van der Waals surface area contributed by atoms with Crippen LogP contribution >= 0.6 is 0 Å². The number of fused-ring (bicyclic) bond motifs is 8. The van der Waals surface area contributed by atoms with Crippen LogP contribution < -0.4 is 0 Å². The summed E-state index contributed by atoms with van der Waals surface area (Å²) in [7, 11) is 0. The molecule has 0 aliphatic carbocycles. The van der Waals surface area contributed by atoms with Gasteiger partial charge in [0.1, 0.15) is 16.7 Å². The van der Waals surface area contributed by atoms with Gasteiger partial charge in [0, 0.05) is 38.4 Å². The molecule has 3 heterocycles. The predicted molar refractivity (Wildman–Crippen MR) is 191 cm³/mol. The van der Waals surface area contributed by atoms with E-state index in [1.54, 1.807) is 0 Å². The smallest absolute Gasteiger partial charge is 0.227 e. The van der Waals surface area contributed by atoms with Crippen LogP contribution in [-0.4, -0.2) is 19.9 Å². The summed E-state index contributed by atoms with van der Waals surface area (Å²) in [5.74, 6) is 2.40. The molecule has 0 saturated heterocycles. The van der Waals surface area contributed by atoms with Gasteiger partial charge in [-0.1, -0.05) is 97.1 Å². The summed E-state index contributed by atoms with van der Waals surface area (Å²) in [4.78, 5) is 19.8. The number of nitrogens with zero attached hydrogens (tertiary/aromatic N) is 4. The third-order valence-electron chi connectivity index (χ3n) is 8.92. The van der Waals surface area contributed by atoms with Gasteiger partial charge < -0.3 is 8.83 Å². The molecular formula is C42H24N4O2. The molecule has 0 aliphatic rings. The third-order valence-corrected chi connectivity index (χ3v) is 8.92. The number of hydrogen-bond donors (Lipinski definition) is 0. The molecule has 10 aromatic rings. The molecule has 7 aromatic carbocycles. The molecule has 0 fully saturated rings. The van der Waals surface area contributed by atoms with Gasteiger partial charge in [-0.05, 0) is 64.7 Å². The number of oxazole rings is 1. The first-order valence-electron chi connectivity index (χ1n) is 15.8. The maximum atomic E-state index is 6.48. The summed E-state index contributed by atoms with van der Waals surface area (Å²) in [6, 6.07) is 48.9. The molecule has 0 N–H and O–H groups in total. The average Bonchev–Trinajstić information content (AvgIpc) is 3.77. The molecule has 0 amide bonds. The van der Waals surface area contributed by atoms with Crippen LogP contribution in [0.1, 0.15) is 0 Å². The topological polar surface area (TPSA) is 77.8 Å². The summed E-state index contributed by atoms with van der Waals surface area (Å²) in [5, 5.41) is 6.23. The molecule has 0 aliphatic heterocycles. The van der Waals surface area contributed by atoms with Crippen LogP contribution in [-0.2, 0) is 0 Å². The van der Waals surface area contributed by atoms with E-state index in [1.165, 1.54) is 5.39 Å². The monoisotopic (exact) mass is 616 g/mol. The molecule has 10 rings (SSSR count). The van der Waals surface area contributed by atoms with E-state index in [4.69, 9.17) is 28.8 Å². The molecular weight excluding hydrogens is 592 g/mol. The van der Waals surface area contributed by atoms with E-state index in [2.05, 4.69) is 48.5 Å². The largest absolute Gasteiger partial charge is 0.456 e. The first-order valence-corrected chi connectivity index (χ1v) is 15.8. The number of rotatable bonds is 4. The van der Waals surface area contributed by atoms with Gasteiger partial charge in [-0.3, -0.25) is 0 Å². The maximum absolute atomic E-state index is 6.48. The van der Waals surface area contributed by atoms with E-state index in [1.807, 2.05) is 97.1 Å². The van der Waals surface area contributed by atoms with Gasteiger partial charge in [-0.25, -0.2) is 19.9 Å². The van der Waals surface area contributed by atoms with Crippen molar-refractivity contribution in [1.29, 1.82) is 0 Å². The summed E-state index contributed by atoms with van der Waals surface area (Å²) in [6.45, 7) is 0. The van der Waals surface area contributed by atoms with Crippen LogP contribution in [0.2, 0.25) is 0 Å². The minimum absolute atomic E-state index is 0.583. The molecule has 6 nitrogen and oxygen atoms in total. The molecule has 0 bridgehead atoms. The average molecular weight is 617 g/mol. The summed E-state index contributed by atoms with van der Waals surface area (Å²) in [5.41, 5.74) is 6.71. The standard InChI is InChI=1S/C42H24N4O2/c1-3-10-27(11-4-1)39-44-40(30-16-15-25-9-7-8-14-29(25)23-30)46-41(45-39)31-19-21-34-32(24-31)37-35(47-34)22-18-26-17-20-33-38(36(26)37)48-42(43-33)28-12-5-2-6-13-28/h1-24H. The lowest BCUT2D eigenvalue weighted by atomic mass is 10.0. The Labute approximate surface area is 274 Å². The van der Waals surface area contributed by atoms with Crippen LogP contribution in [0.5, 0.6) is 0 Å². The van der Waals surface area contributed by atoms with Crippen LogP contribution in [0.25, 0.3) is 100 Å². The zero-order valence-electron chi connectivity index (χ0n) is 25.5. The Morgan fingerprint density at radius 3 is 1.77 bits per heavy atom. The molecule has 0 atom stereocenters. The summed E-state index contributed by atoms with van der Waals surface area (Å²) < 4.78 is 12.9. The molecule has 0 unspecified atom stereocenters. The highest BCUT2D eigenvalue weighted by molar-refractivity contribution is 6.25. The van der Waals surface area contributed by atoms with Crippen molar-refractivity contribution in [2.45, 2.75) is 0 Å². The van der Waals surface area contributed by atoms with Crippen LogP contribution in [0, 0.1) is 0 Å². The SMILES string of the molecule is c1ccc(-c2nc(-c3ccc4ccccc4c3)nc(-c3ccc4oc5ccc6ccc7nc(-c8ccccc8)oc7c6c5c4c3)n2)cc1. The van der Waals surface area contributed by atoms with Gasteiger partial charge in [0.2, 0.25) is 5.89 Å². The van der Waals surface area contributed by atoms with Crippen molar-refractivity contribution >= 4 is 54.6 Å². The molecule has 224 valence electrons. The molecule has 3 aromatic heterocycles. The van der Waals surface area contributed by atoms with Gasteiger partial charge >= 0.3 is 0 Å². The fraction of sp³-hybridized carbons (Fsp3) is 0. The quantitative estimate of drug-likeness (QED) is 0.196. The van der Waals surface area contributed by atoms with Crippen molar-refractivity contribution in [3.63, 3.8) is 0 Å². The van der Waals surface area contributed by atoms with Gasteiger partial charge in [0.25, 0.3) is 0 Å². The Kier molecular flexibility index (Phi) is 5.77. The van der Waals surface area contributed by atoms with Crippen LogP contribution in [0.15, 0.2) is 154 Å². The van der Waals surface area contributed by atoms with E-state index in [0.29, 0.717) is 23.4 Å². The van der Waals surface area contributed by atoms with E-state index in [-0.39, 0.29) is 0 Å². The lowest BCUT2D eigenvalue weighted by molar-refractivity contribution is 0.623. The number of aromatic nitrogens is 4. The molecule has 0 spiro atoms. The first-order chi connectivity index (χ1) is 23.7. The fourth-order valence-corrected chi connectivity index (χ4v) is 6.58. The molecule has 0 saturated carbocycles. The van der Waals surface area contributed by atoms with Crippen molar-refractivity contribution in [3.05, 3.63) is 146 Å². The Morgan fingerprint density at radius 2 is 0.979 bits per heavy atom. The van der Waals surface area contributed by atoms with Crippen molar-refractivity contribution in [1.82, 2.24) is 19.9 Å². The summed E-state index contributed by atoms with van der Waals surface area (Å²) in [6.07, 6.45) is 0. The molecule has 0 radical (unpaired) electrons. The lowest BCUT2D eigenvalue weighted by Gasteiger charge is -2.09. The normalized spacial score (nSPS) is 11.8. The zero-order chi connectivity index (χ0) is 31.6. The van der Waals surface area contributed by atoms with Gasteiger partial charge in [0.15, 0.2) is 23.1 Å². The van der Waals surface area contributed by atoms with Gasteiger partial charge in [-0.15, -0.1) is 0 Å². The van der Waals surface area contributed by atoms with Crippen molar-refractivity contribution in [2.75, 3.05) is 0 Å². The van der Waals surface area contributed by atoms with Crippen LogP contribution in [0.3, 0.4) is 0 Å². The second kappa shape index (κ2) is 10.4. The fourth-order valence-electron chi connectivity index (χ4n) is 6.58. The minimum atomic E-state index is 0.583. The highest BCUT2D eigenvalue weighted by atomic mass is 16.3. The predicted octanol–water partition coefficient (Wildman–Crippen LogP) is 10.9. The van der Waals surface area contributed by atoms with E-state index in [9.17, 15) is 0 Å². The Hall–Kier alpha value is -6.66. The zero-order valence-corrected chi connectivity index (χ0v) is 25.5.